The molecule has 1 aromatic carbocycles. The lowest BCUT2D eigenvalue weighted by Crippen LogP contribution is -2.25. The van der Waals surface area contributed by atoms with E-state index in [1.54, 1.807) is 18.0 Å². The number of rotatable bonds is 2. The number of thioether (sulfide) groups is 1. The fourth-order valence-electron chi connectivity index (χ4n) is 2.14. The number of fused-ring (bicyclic) bond motifs is 1. The van der Waals surface area contributed by atoms with Crippen LogP contribution in [0.15, 0.2) is 47.5 Å². The van der Waals surface area contributed by atoms with Gasteiger partial charge in [0.15, 0.2) is 0 Å². The van der Waals surface area contributed by atoms with Crippen molar-refractivity contribution in [2.24, 2.45) is 0 Å². The second-order valence-corrected chi connectivity index (χ2v) is 5.82. The topological polar surface area (TPSA) is 42.0 Å². The molecule has 0 spiro atoms. The van der Waals surface area contributed by atoms with E-state index >= 15 is 0 Å². The summed E-state index contributed by atoms with van der Waals surface area (Å²) in [5.74, 6) is 0.687. The molecule has 0 saturated carbocycles. The number of pyridine rings is 1. The Morgan fingerprint density at radius 2 is 2.16 bits per heavy atom. The maximum Gasteiger partial charge on any atom is 0.239 e. The Hall–Kier alpha value is -1.81. The molecule has 3 rings (SSSR count). The van der Waals surface area contributed by atoms with Crippen LogP contribution in [0.3, 0.4) is 0 Å². The van der Waals surface area contributed by atoms with Crippen LogP contribution in [0.1, 0.15) is 11.1 Å². The van der Waals surface area contributed by atoms with Crippen LogP contribution in [0.4, 0.5) is 5.82 Å². The molecular weight excluding hydrogens is 256 g/mol. The molecule has 0 fully saturated rings. The van der Waals surface area contributed by atoms with E-state index < -0.39 is 0 Å². The first kappa shape index (κ1) is 12.2. The Morgan fingerprint density at radius 3 is 2.95 bits per heavy atom. The number of nitrogens with zero attached hydrogens (tertiary/aromatic N) is 1. The summed E-state index contributed by atoms with van der Waals surface area (Å²) in [6.45, 7) is 1.94. The van der Waals surface area contributed by atoms with E-state index in [1.165, 1.54) is 10.5 Å². The number of carbonyl (C=O) groups excluding carboxylic acids is 1. The van der Waals surface area contributed by atoms with Crippen molar-refractivity contribution < 1.29 is 4.79 Å². The highest BCUT2D eigenvalue weighted by atomic mass is 32.2. The molecule has 2 heterocycles. The van der Waals surface area contributed by atoms with Gasteiger partial charge < -0.3 is 5.32 Å². The number of anilines is 1. The highest BCUT2D eigenvalue weighted by molar-refractivity contribution is 8.01. The van der Waals surface area contributed by atoms with E-state index in [0.717, 1.165) is 12.0 Å². The number of aromatic nitrogens is 1. The largest absolute Gasteiger partial charge is 0.309 e. The van der Waals surface area contributed by atoms with Gasteiger partial charge in [0.1, 0.15) is 5.82 Å². The SMILES string of the molecule is Cc1cccnc1NC(=O)[C@@H]1Cc2ccccc2S1. The van der Waals surface area contributed by atoms with Gasteiger partial charge in [-0.3, -0.25) is 4.79 Å². The fraction of sp³-hybridized carbons (Fsp3) is 0.200. The van der Waals surface area contributed by atoms with Gasteiger partial charge in [-0.05, 0) is 36.6 Å². The molecule has 2 aromatic rings. The van der Waals surface area contributed by atoms with Crippen molar-refractivity contribution in [3.63, 3.8) is 0 Å². The summed E-state index contributed by atoms with van der Waals surface area (Å²) >= 11 is 1.63. The lowest BCUT2D eigenvalue weighted by atomic mass is 10.1. The minimum absolute atomic E-state index is 0.0306. The van der Waals surface area contributed by atoms with Gasteiger partial charge in [0.05, 0.1) is 5.25 Å². The number of aryl methyl sites for hydroxylation is 1. The zero-order chi connectivity index (χ0) is 13.2. The minimum atomic E-state index is -0.0567. The van der Waals surface area contributed by atoms with Crippen LogP contribution >= 0.6 is 11.8 Å². The van der Waals surface area contributed by atoms with Gasteiger partial charge in [-0.2, -0.15) is 0 Å². The minimum Gasteiger partial charge on any atom is -0.309 e. The molecule has 19 heavy (non-hydrogen) atoms. The molecular formula is C15H14N2OS. The number of nitrogens with one attached hydrogen (secondary N) is 1. The van der Waals surface area contributed by atoms with Crippen LogP contribution < -0.4 is 5.32 Å². The number of amides is 1. The third kappa shape index (κ3) is 2.49. The monoisotopic (exact) mass is 270 g/mol. The fourth-order valence-corrected chi connectivity index (χ4v) is 3.34. The van der Waals surface area contributed by atoms with Crippen molar-refractivity contribution in [1.29, 1.82) is 0 Å². The van der Waals surface area contributed by atoms with Gasteiger partial charge in [0.2, 0.25) is 5.91 Å². The molecule has 0 aliphatic carbocycles. The van der Waals surface area contributed by atoms with Crippen LogP contribution in [-0.2, 0) is 11.2 Å². The van der Waals surface area contributed by atoms with Crippen molar-refractivity contribution in [3.05, 3.63) is 53.7 Å². The molecule has 1 atom stereocenters. The van der Waals surface area contributed by atoms with E-state index in [2.05, 4.69) is 22.4 Å². The highest BCUT2D eigenvalue weighted by Gasteiger charge is 2.28. The Balaban J connectivity index is 1.72. The van der Waals surface area contributed by atoms with Crippen LogP contribution in [0.5, 0.6) is 0 Å². The first-order valence-electron chi connectivity index (χ1n) is 6.21. The summed E-state index contributed by atoms with van der Waals surface area (Å²) in [5.41, 5.74) is 2.24. The van der Waals surface area contributed by atoms with E-state index in [1.807, 2.05) is 31.2 Å². The molecule has 0 bridgehead atoms. The number of hydrogen-bond acceptors (Lipinski definition) is 3. The van der Waals surface area contributed by atoms with Gasteiger partial charge in [-0.1, -0.05) is 24.3 Å². The van der Waals surface area contributed by atoms with Crippen molar-refractivity contribution in [1.82, 2.24) is 4.98 Å². The summed E-state index contributed by atoms with van der Waals surface area (Å²) in [5, 5.41) is 2.86. The number of hydrogen-bond donors (Lipinski definition) is 1. The second-order valence-electron chi connectivity index (χ2n) is 4.58. The highest BCUT2D eigenvalue weighted by Crippen LogP contribution is 2.37. The summed E-state index contributed by atoms with van der Waals surface area (Å²) in [6, 6.07) is 12.0. The van der Waals surface area contributed by atoms with E-state index in [0.29, 0.717) is 5.82 Å². The maximum absolute atomic E-state index is 12.3. The lowest BCUT2D eigenvalue weighted by molar-refractivity contribution is -0.115. The smallest absolute Gasteiger partial charge is 0.239 e. The third-order valence-corrected chi connectivity index (χ3v) is 4.51. The predicted molar refractivity (Wildman–Crippen MR) is 77.4 cm³/mol. The van der Waals surface area contributed by atoms with Gasteiger partial charge in [-0.25, -0.2) is 4.98 Å². The Labute approximate surface area is 116 Å². The van der Waals surface area contributed by atoms with E-state index in [9.17, 15) is 4.79 Å². The van der Waals surface area contributed by atoms with Crippen LogP contribution in [-0.4, -0.2) is 16.1 Å². The molecule has 1 N–H and O–H groups in total. The van der Waals surface area contributed by atoms with Crippen molar-refractivity contribution in [2.75, 3.05) is 5.32 Å². The zero-order valence-corrected chi connectivity index (χ0v) is 11.4. The number of benzene rings is 1. The van der Waals surface area contributed by atoms with Crippen LogP contribution in [0.25, 0.3) is 0 Å². The van der Waals surface area contributed by atoms with Gasteiger partial charge >= 0.3 is 0 Å². The van der Waals surface area contributed by atoms with Gasteiger partial charge in [-0.15, -0.1) is 11.8 Å². The van der Waals surface area contributed by atoms with Gasteiger partial charge in [0, 0.05) is 11.1 Å². The summed E-state index contributed by atoms with van der Waals surface area (Å²) in [4.78, 5) is 17.7. The molecule has 1 aliphatic heterocycles. The first-order chi connectivity index (χ1) is 9.24. The molecule has 1 aromatic heterocycles. The molecule has 3 nitrogen and oxygen atoms in total. The third-order valence-electron chi connectivity index (χ3n) is 3.19. The normalized spacial score (nSPS) is 17.0. The zero-order valence-electron chi connectivity index (χ0n) is 10.6. The molecule has 0 radical (unpaired) electrons. The Morgan fingerprint density at radius 1 is 1.32 bits per heavy atom. The van der Waals surface area contributed by atoms with Crippen molar-refractivity contribution in [3.8, 4) is 0 Å². The Bertz CT molecular complexity index is 602. The standard InChI is InChI=1S/C15H14N2OS/c1-10-5-4-8-16-14(10)17-15(18)13-9-11-6-2-3-7-12(11)19-13/h2-8,13H,9H2,1H3,(H,16,17,18)/t13-/m0/s1. The van der Waals surface area contributed by atoms with E-state index in [-0.39, 0.29) is 11.2 Å². The quantitative estimate of drug-likeness (QED) is 0.912. The Kier molecular flexibility index (Phi) is 3.25. The molecule has 0 unspecified atom stereocenters. The lowest BCUT2D eigenvalue weighted by Gasteiger charge is -2.10. The maximum atomic E-state index is 12.3. The first-order valence-corrected chi connectivity index (χ1v) is 7.09. The second kappa shape index (κ2) is 5.05. The summed E-state index contributed by atoms with van der Waals surface area (Å²) in [7, 11) is 0. The molecule has 4 heteroatoms. The van der Waals surface area contributed by atoms with Crippen molar-refractivity contribution in [2.45, 2.75) is 23.5 Å². The number of carbonyl (C=O) groups is 1. The van der Waals surface area contributed by atoms with Crippen molar-refractivity contribution >= 4 is 23.5 Å². The average molecular weight is 270 g/mol. The summed E-state index contributed by atoms with van der Waals surface area (Å²) in [6.07, 6.45) is 2.48. The van der Waals surface area contributed by atoms with Crippen LogP contribution in [0.2, 0.25) is 0 Å². The average Bonchev–Trinajstić information content (AvgIpc) is 2.85. The van der Waals surface area contributed by atoms with Crippen LogP contribution in [0, 0.1) is 6.92 Å². The molecule has 0 saturated heterocycles. The van der Waals surface area contributed by atoms with E-state index in [4.69, 9.17) is 0 Å². The molecule has 1 aliphatic rings. The molecule has 1 amide bonds. The summed E-state index contributed by atoms with van der Waals surface area (Å²) < 4.78 is 0. The van der Waals surface area contributed by atoms with Gasteiger partial charge in [0.25, 0.3) is 0 Å². The predicted octanol–water partition coefficient (Wildman–Crippen LogP) is 3.05. The molecule has 96 valence electrons.